The number of hydrogen-bond acceptors (Lipinski definition) is 4. The van der Waals surface area contributed by atoms with Crippen molar-refractivity contribution in [3.63, 3.8) is 0 Å². The lowest BCUT2D eigenvalue weighted by molar-refractivity contribution is -0.147. The summed E-state index contributed by atoms with van der Waals surface area (Å²) in [5.41, 5.74) is 0. The molecule has 0 aliphatic carbocycles. The van der Waals surface area contributed by atoms with Crippen molar-refractivity contribution in [2.45, 2.75) is 36.4 Å². The van der Waals surface area contributed by atoms with Crippen LogP contribution in [0.2, 0.25) is 0 Å². The van der Waals surface area contributed by atoms with E-state index in [0.29, 0.717) is 5.37 Å². The summed E-state index contributed by atoms with van der Waals surface area (Å²) in [6, 6.07) is 0. The number of rotatable bonds is 8. The highest BCUT2D eigenvalue weighted by molar-refractivity contribution is 8.05. The van der Waals surface area contributed by atoms with Gasteiger partial charge < -0.3 is 4.90 Å². The van der Waals surface area contributed by atoms with E-state index in [1.165, 1.54) is 12.8 Å². The van der Waals surface area contributed by atoms with E-state index in [0.717, 1.165) is 31.0 Å². The number of unbranched alkanes of at least 4 members (excludes halogenated alkanes) is 2. The van der Waals surface area contributed by atoms with Gasteiger partial charge in [0.05, 0.1) is 0 Å². The zero-order valence-electron chi connectivity index (χ0n) is 11.0. The first kappa shape index (κ1) is 14.3. The van der Waals surface area contributed by atoms with Gasteiger partial charge in [0.1, 0.15) is 5.37 Å². The minimum atomic E-state index is -0.372. The lowest BCUT2D eigenvalue weighted by Gasteiger charge is -2.52. The maximum atomic E-state index is 12.3. The van der Waals surface area contributed by atoms with E-state index in [2.05, 4.69) is 18.8 Å². The Bertz CT molecular complexity index is 324. The minimum absolute atomic E-state index is 0.279. The van der Waals surface area contributed by atoms with Crippen LogP contribution in [0, 0.1) is 0 Å². The van der Waals surface area contributed by atoms with E-state index in [9.17, 15) is 4.79 Å². The predicted octanol–water partition coefficient (Wildman–Crippen LogP) is 2.30. The molecule has 2 atom stereocenters. The summed E-state index contributed by atoms with van der Waals surface area (Å²) in [7, 11) is 0. The Labute approximate surface area is 118 Å². The molecule has 5 heteroatoms. The number of amides is 1. The highest BCUT2D eigenvalue weighted by atomic mass is 32.2. The van der Waals surface area contributed by atoms with E-state index in [4.69, 9.17) is 0 Å². The summed E-state index contributed by atoms with van der Waals surface area (Å²) in [5, 5.41) is 3.86. The van der Waals surface area contributed by atoms with E-state index in [1.54, 1.807) is 11.8 Å². The van der Waals surface area contributed by atoms with E-state index in [-0.39, 0.29) is 10.8 Å². The van der Waals surface area contributed by atoms with E-state index >= 15 is 0 Å². The Morgan fingerprint density at radius 1 is 1.67 bits per heavy atom. The van der Waals surface area contributed by atoms with Gasteiger partial charge in [-0.05, 0) is 13.0 Å². The molecule has 2 aliphatic heterocycles. The van der Waals surface area contributed by atoms with Crippen molar-refractivity contribution in [1.29, 1.82) is 0 Å². The molecule has 0 bridgehead atoms. The zero-order chi connectivity index (χ0) is 13.0. The number of thioether (sulfide) groups is 2. The van der Waals surface area contributed by atoms with Gasteiger partial charge >= 0.3 is 0 Å². The van der Waals surface area contributed by atoms with Gasteiger partial charge in [0, 0.05) is 18.1 Å². The number of hydrogen-bond donors (Lipinski definition) is 1. The summed E-state index contributed by atoms with van der Waals surface area (Å²) in [4.78, 5) is 14.0. The molecule has 0 aromatic heterocycles. The van der Waals surface area contributed by atoms with Gasteiger partial charge in [-0.1, -0.05) is 25.8 Å². The molecule has 0 unspecified atom stereocenters. The van der Waals surface area contributed by atoms with Crippen LogP contribution in [-0.2, 0) is 4.79 Å². The number of fused-ring (bicyclic) bond motifs is 1. The van der Waals surface area contributed by atoms with E-state index in [1.807, 2.05) is 22.7 Å². The molecule has 2 rings (SSSR count). The molecule has 0 saturated carbocycles. The monoisotopic (exact) mass is 286 g/mol. The van der Waals surface area contributed by atoms with Crippen LogP contribution in [0.25, 0.3) is 0 Å². The summed E-state index contributed by atoms with van der Waals surface area (Å²) in [6.07, 6.45) is 5.48. The van der Waals surface area contributed by atoms with Crippen molar-refractivity contribution in [3.8, 4) is 0 Å². The molecule has 2 fully saturated rings. The smallest absolute Gasteiger partial charge is 0.257 e. The fourth-order valence-corrected chi connectivity index (χ4v) is 5.28. The second-order valence-electron chi connectivity index (χ2n) is 4.69. The molecule has 3 nitrogen and oxygen atoms in total. The third-order valence-corrected chi connectivity index (χ3v) is 6.31. The number of carbonyl (C=O) groups excluding carboxylic acids is 1. The van der Waals surface area contributed by atoms with Gasteiger partial charge in [-0.2, -0.15) is 0 Å². The topological polar surface area (TPSA) is 32.3 Å². The molecule has 0 spiro atoms. The molecule has 0 aromatic rings. The molecule has 2 aliphatic rings. The van der Waals surface area contributed by atoms with E-state index < -0.39 is 0 Å². The molecule has 2 saturated heterocycles. The fourth-order valence-electron chi connectivity index (χ4n) is 2.45. The molecule has 2 heterocycles. The number of carbonyl (C=O) groups is 1. The van der Waals surface area contributed by atoms with Crippen molar-refractivity contribution in [2.24, 2.45) is 0 Å². The summed E-state index contributed by atoms with van der Waals surface area (Å²) >= 11 is 3.62. The van der Waals surface area contributed by atoms with Crippen LogP contribution in [-0.4, -0.2) is 45.6 Å². The quantitative estimate of drug-likeness (QED) is 0.321. The standard InChI is InChI=1S/C13H22N2OS2/c1-3-5-6-7-14-13(18-9-4-2)11(16)15-8-10-17-12(13)15/h4,12,14H,2-3,5-10H2,1H3/t12-,13-/m0/s1. The Morgan fingerprint density at radius 2 is 2.50 bits per heavy atom. The average Bonchev–Trinajstić information content (AvgIpc) is 2.84. The molecule has 0 aromatic carbocycles. The van der Waals surface area contributed by atoms with Crippen LogP contribution >= 0.6 is 23.5 Å². The first-order chi connectivity index (χ1) is 8.76. The minimum Gasteiger partial charge on any atom is -0.324 e. The van der Waals surface area contributed by atoms with Crippen LogP contribution < -0.4 is 5.32 Å². The largest absolute Gasteiger partial charge is 0.324 e. The van der Waals surface area contributed by atoms with Gasteiger partial charge in [0.2, 0.25) is 0 Å². The van der Waals surface area contributed by atoms with Crippen molar-refractivity contribution in [2.75, 3.05) is 24.6 Å². The van der Waals surface area contributed by atoms with Crippen molar-refractivity contribution in [3.05, 3.63) is 12.7 Å². The average molecular weight is 286 g/mol. The van der Waals surface area contributed by atoms with Gasteiger partial charge in [0.25, 0.3) is 5.91 Å². The second-order valence-corrected chi connectivity index (χ2v) is 7.14. The fraction of sp³-hybridized carbons (Fsp3) is 0.769. The van der Waals surface area contributed by atoms with Gasteiger partial charge in [-0.3, -0.25) is 10.1 Å². The van der Waals surface area contributed by atoms with Crippen LogP contribution in [0.1, 0.15) is 26.2 Å². The maximum Gasteiger partial charge on any atom is 0.257 e. The Morgan fingerprint density at radius 3 is 3.22 bits per heavy atom. The number of nitrogens with one attached hydrogen (secondary N) is 1. The van der Waals surface area contributed by atoms with Crippen LogP contribution in [0.4, 0.5) is 0 Å². The van der Waals surface area contributed by atoms with Gasteiger partial charge in [-0.15, -0.1) is 30.1 Å². The van der Waals surface area contributed by atoms with Crippen molar-refractivity contribution < 1.29 is 4.79 Å². The lowest BCUT2D eigenvalue weighted by atomic mass is 10.1. The first-order valence-electron chi connectivity index (χ1n) is 6.69. The normalized spacial score (nSPS) is 30.2. The molecule has 0 radical (unpaired) electrons. The zero-order valence-corrected chi connectivity index (χ0v) is 12.6. The SMILES string of the molecule is C=CCS[C@@]1(NCCCCC)C(=O)N2CCS[C@H]21. The number of nitrogens with zero attached hydrogens (tertiary/aromatic N) is 1. The Hall–Kier alpha value is -0.130. The summed E-state index contributed by atoms with van der Waals surface area (Å²) < 4.78 is 0. The van der Waals surface area contributed by atoms with Crippen molar-refractivity contribution in [1.82, 2.24) is 10.2 Å². The second kappa shape index (κ2) is 6.35. The van der Waals surface area contributed by atoms with Crippen LogP contribution in [0.3, 0.4) is 0 Å². The summed E-state index contributed by atoms with van der Waals surface area (Å²) in [5.74, 6) is 2.18. The highest BCUT2D eigenvalue weighted by Crippen LogP contribution is 2.49. The molecule has 102 valence electrons. The Balaban J connectivity index is 1.95. The molecule has 1 amide bonds. The molecule has 18 heavy (non-hydrogen) atoms. The van der Waals surface area contributed by atoms with Gasteiger partial charge in [0.15, 0.2) is 4.87 Å². The third-order valence-electron chi connectivity index (χ3n) is 3.41. The first-order valence-corrected chi connectivity index (χ1v) is 8.72. The van der Waals surface area contributed by atoms with Crippen molar-refractivity contribution >= 4 is 29.4 Å². The maximum absolute atomic E-state index is 12.3. The lowest BCUT2D eigenvalue weighted by Crippen LogP contribution is -2.75. The van der Waals surface area contributed by atoms with Crippen LogP contribution in [0.15, 0.2) is 12.7 Å². The highest BCUT2D eigenvalue weighted by Gasteiger charge is 2.62. The molecule has 1 N–H and O–H groups in total. The Kier molecular flexibility index (Phi) is 5.04. The van der Waals surface area contributed by atoms with Crippen LogP contribution in [0.5, 0.6) is 0 Å². The predicted molar refractivity (Wildman–Crippen MR) is 80.9 cm³/mol. The molecular weight excluding hydrogens is 264 g/mol. The molecular formula is C13H22N2OS2. The summed E-state index contributed by atoms with van der Waals surface area (Å²) in [6.45, 7) is 7.82. The third kappa shape index (κ3) is 2.45. The van der Waals surface area contributed by atoms with Gasteiger partial charge in [-0.25, -0.2) is 0 Å². The number of β-lactam (4-membered cyclic amide) rings is 1.